The molecule has 0 unspecified atom stereocenters. The Morgan fingerprint density at radius 2 is 1.85 bits per heavy atom. The van der Waals surface area contributed by atoms with Crippen molar-refractivity contribution in [2.75, 3.05) is 18.5 Å². The number of aromatic nitrogens is 1. The summed E-state index contributed by atoms with van der Waals surface area (Å²) < 4.78 is 5.05. The van der Waals surface area contributed by atoms with Crippen LogP contribution in [0.2, 0.25) is 5.02 Å². The number of hydrogen-bond acceptors (Lipinski definition) is 6. The van der Waals surface area contributed by atoms with Gasteiger partial charge in [0.05, 0.1) is 31.5 Å². The number of anilines is 1. The molecular formula is C19H25ClN2O5. The van der Waals surface area contributed by atoms with Crippen molar-refractivity contribution in [3.05, 3.63) is 39.5 Å². The second-order valence-electron chi connectivity index (χ2n) is 5.91. The number of ether oxygens (including phenoxy) is 1. The van der Waals surface area contributed by atoms with Crippen LogP contribution in [0.25, 0.3) is 11.1 Å². The highest BCUT2D eigenvalue weighted by Gasteiger charge is 2.25. The van der Waals surface area contributed by atoms with E-state index >= 15 is 0 Å². The minimum atomic E-state index is -0.576. The van der Waals surface area contributed by atoms with Gasteiger partial charge in [0.2, 0.25) is 0 Å². The van der Waals surface area contributed by atoms with E-state index in [0.717, 1.165) is 6.42 Å². The number of carbonyl (C=O) groups excluding carboxylic acids is 1. The Labute approximate surface area is 162 Å². The lowest BCUT2D eigenvalue weighted by atomic mass is 9.93. The molecule has 0 amide bonds. The van der Waals surface area contributed by atoms with Crippen molar-refractivity contribution in [3.8, 4) is 11.1 Å². The Morgan fingerprint density at radius 1 is 1.15 bits per heavy atom. The van der Waals surface area contributed by atoms with Gasteiger partial charge < -0.3 is 30.4 Å². The Morgan fingerprint density at radius 3 is 2.41 bits per heavy atom. The summed E-state index contributed by atoms with van der Waals surface area (Å²) in [6.45, 7) is 3.59. The number of rotatable bonds is 9. The third-order valence-electron chi connectivity index (χ3n) is 4.25. The lowest BCUT2D eigenvalue weighted by molar-refractivity contribution is 0.0520. The molecule has 0 aliphatic heterocycles. The highest BCUT2D eigenvalue weighted by Crippen LogP contribution is 2.41. The van der Waals surface area contributed by atoms with E-state index in [4.69, 9.17) is 16.3 Å². The number of nitrogens with one attached hydrogen (secondary N) is 2. The number of aliphatic hydroxyl groups excluding tert-OH is 3. The number of esters is 1. The van der Waals surface area contributed by atoms with Crippen molar-refractivity contribution >= 4 is 23.4 Å². The summed E-state index contributed by atoms with van der Waals surface area (Å²) >= 11 is 6.51. The van der Waals surface area contributed by atoms with Crippen molar-refractivity contribution in [1.29, 1.82) is 0 Å². The quantitative estimate of drug-likeness (QED) is 0.416. The van der Waals surface area contributed by atoms with Gasteiger partial charge in [0.15, 0.2) is 0 Å². The molecule has 7 nitrogen and oxygen atoms in total. The van der Waals surface area contributed by atoms with E-state index in [1.165, 1.54) is 0 Å². The van der Waals surface area contributed by atoms with Gasteiger partial charge in [0, 0.05) is 12.1 Å². The van der Waals surface area contributed by atoms with Gasteiger partial charge in [-0.2, -0.15) is 0 Å². The van der Waals surface area contributed by atoms with Gasteiger partial charge in [-0.1, -0.05) is 30.7 Å². The van der Waals surface area contributed by atoms with Crippen LogP contribution in [-0.2, 0) is 24.6 Å². The second kappa shape index (κ2) is 9.75. The summed E-state index contributed by atoms with van der Waals surface area (Å²) in [5.41, 5.74) is 2.60. The molecule has 1 aromatic heterocycles. The highest BCUT2D eigenvalue weighted by molar-refractivity contribution is 6.37. The zero-order valence-electron chi connectivity index (χ0n) is 15.4. The van der Waals surface area contributed by atoms with E-state index in [0.29, 0.717) is 40.2 Å². The molecule has 0 bridgehead atoms. The Hall–Kier alpha value is -2.06. The lowest BCUT2D eigenvalue weighted by Gasteiger charge is -2.16. The molecule has 0 saturated carbocycles. The number of H-pyrrole nitrogens is 1. The molecule has 0 atom stereocenters. The normalized spacial score (nSPS) is 10.9. The van der Waals surface area contributed by atoms with Crippen LogP contribution in [0, 0.1) is 0 Å². The molecule has 1 aromatic carbocycles. The molecule has 0 fully saturated rings. The first-order valence-electron chi connectivity index (χ1n) is 8.82. The molecule has 0 saturated heterocycles. The molecule has 1 heterocycles. The minimum absolute atomic E-state index is 0.118. The van der Waals surface area contributed by atoms with Gasteiger partial charge in [0.1, 0.15) is 11.5 Å². The van der Waals surface area contributed by atoms with E-state index in [1.807, 2.05) is 6.92 Å². The Balaban J connectivity index is 2.71. The van der Waals surface area contributed by atoms with E-state index in [2.05, 4.69) is 10.3 Å². The monoisotopic (exact) mass is 396 g/mol. The fourth-order valence-corrected chi connectivity index (χ4v) is 3.28. The van der Waals surface area contributed by atoms with Gasteiger partial charge in [-0.15, -0.1) is 0 Å². The van der Waals surface area contributed by atoms with Crippen LogP contribution >= 0.6 is 11.6 Å². The van der Waals surface area contributed by atoms with E-state index in [-0.39, 0.29) is 37.1 Å². The highest BCUT2D eigenvalue weighted by atomic mass is 35.5. The van der Waals surface area contributed by atoms with Crippen molar-refractivity contribution in [1.82, 2.24) is 4.98 Å². The summed E-state index contributed by atoms with van der Waals surface area (Å²) in [6.07, 6.45) is 0.850. The predicted octanol–water partition coefficient (Wildman–Crippen LogP) is 2.81. The third kappa shape index (κ3) is 4.27. The average molecular weight is 397 g/mol. The molecule has 2 aromatic rings. The van der Waals surface area contributed by atoms with E-state index < -0.39 is 5.97 Å². The fourth-order valence-electron chi connectivity index (χ4n) is 2.96. The van der Waals surface area contributed by atoms with Gasteiger partial charge in [-0.05, 0) is 35.6 Å². The molecule has 0 radical (unpaired) electrons. The average Bonchev–Trinajstić information content (AvgIpc) is 3.01. The lowest BCUT2D eigenvalue weighted by Crippen LogP contribution is -2.06. The van der Waals surface area contributed by atoms with E-state index in [9.17, 15) is 20.1 Å². The molecule has 0 aliphatic rings. The van der Waals surface area contributed by atoms with Crippen LogP contribution in [0.5, 0.6) is 0 Å². The van der Waals surface area contributed by atoms with Gasteiger partial charge >= 0.3 is 5.97 Å². The summed E-state index contributed by atoms with van der Waals surface area (Å²) in [5, 5.41) is 32.5. The first-order chi connectivity index (χ1) is 13.0. The maximum atomic E-state index is 12.2. The predicted molar refractivity (Wildman–Crippen MR) is 104 cm³/mol. The van der Waals surface area contributed by atoms with Crippen LogP contribution in [0.15, 0.2) is 12.1 Å². The second-order valence-corrected chi connectivity index (χ2v) is 6.29. The van der Waals surface area contributed by atoms with Gasteiger partial charge in [-0.25, -0.2) is 4.79 Å². The van der Waals surface area contributed by atoms with Crippen molar-refractivity contribution in [2.24, 2.45) is 0 Å². The first-order valence-corrected chi connectivity index (χ1v) is 9.20. The number of hydrogen-bond donors (Lipinski definition) is 5. The van der Waals surface area contributed by atoms with Gasteiger partial charge in [0.25, 0.3) is 0 Å². The van der Waals surface area contributed by atoms with Crippen LogP contribution < -0.4 is 5.32 Å². The summed E-state index contributed by atoms with van der Waals surface area (Å²) in [4.78, 5) is 15.2. The molecule has 5 N–H and O–H groups in total. The summed E-state index contributed by atoms with van der Waals surface area (Å²) in [7, 11) is 0. The number of halogens is 1. The maximum absolute atomic E-state index is 12.2. The Bertz CT molecular complexity index is 804. The molecule has 2 rings (SSSR count). The largest absolute Gasteiger partial charge is 0.461 e. The van der Waals surface area contributed by atoms with Crippen LogP contribution in [0.1, 0.15) is 47.4 Å². The molecule has 0 spiro atoms. The smallest absolute Gasteiger partial charge is 0.356 e. The van der Waals surface area contributed by atoms with Crippen molar-refractivity contribution in [2.45, 2.75) is 40.1 Å². The number of carbonyl (C=O) groups is 1. The van der Waals surface area contributed by atoms with Crippen LogP contribution in [-0.4, -0.2) is 39.4 Å². The summed E-state index contributed by atoms with van der Waals surface area (Å²) in [5.74, 6) is -0.0477. The van der Waals surface area contributed by atoms with Crippen LogP contribution in [0.4, 0.5) is 5.82 Å². The molecular weight excluding hydrogens is 372 g/mol. The van der Waals surface area contributed by atoms with Crippen molar-refractivity contribution in [3.63, 3.8) is 0 Å². The van der Waals surface area contributed by atoms with E-state index in [1.54, 1.807) is 19.1 Å². The minimum Gasteiger partial charge on any atom is -0.461 e. The van der Waals surface area contributed by atoms with Crippen molar-refractivity contribution < 1.29 is 24.9 Å². The standard InChI is InChI=1S/C19H25ClN2O5/c1-3-7-21-18-15(16(20)17(22-18)19(26)27-4-2)12-6-5-11(8-23)13(9-24)14(12)10-25/h5-6,21-25H,3-4,7-10H2,1-2H3. The summed E-state index contributed by atoms with van der Waals surface area (Å²) in [6, 6.07) is 3.37. The molecule has 27 heavy (non-hydrogen) atoms. The maximum Gasteiger partial charge on any atom is 0.356 e. The number of aliphatic hydroxyl groups is 3. The van der Waals surface area contributed by atoms with Gasteiger partial charge in [-0.3, -0.25) is 0 Å². The molecule has 0 aliphatic carbocycles. The molecule has 8 heteroatoms. The SMILES string of the molecule is CCCNc1[nH]c(C(=O)OCC)c(Cl)c1-c1ccc(CO)c(CO)c1CO. The molecule has 148 valence electrons. The number of benzene rings is 1. The number of aromatic amines is 1. The zero-order valence-corrected chi connectivity index (χ0v) is 16.2. The topological polar surface area (TPSA) is 115 Å². The first kappa shape index (κ1) is 21.2. The van der Waals surface area contributed by atoms with Crippen LogP contribution in [0.3, 0.4) is 0 Å². The fraction of sp³-hybridized carbons (Fsp3) is 0.421. The zero-order chi connectivity index (χ0) is 20.0. The Kier molecular flexibility index (Phi) is 7.67. The third-order valence-corrected chi connectivity index (χ3v) is 4.63.